The minimum absolute atomic E-state index is 0. The standard InChI is InChI=1S/C16H34N4O.HI/c1-7-13(8-2)12-20-15(17-9-3)19-11-10-18-14(21)16(4,5)6;/h13H,7-12H2,1-6H3,(H,18,21)(H2,17,19,20);1H. The molecule has 0 aromatic rings. The SMILES string of the molecule is CCNC(=NCC(CC)CC)NCCNC(=O)C(C)(C)C.I. The summed E-state index contributed by atoms with van der Waals surface area (Å²) >= 11 is 0. The van der Waals surface area contributed by atoms with Crippen LogP contribution in [0.25, 0.3) is 0 Å². The largest absolute Gasteiger partial charge is 0.357 e. The Morgan fingerprint density at radius 1 is 1.00 bits per heavy atom. The van der Waals surface area contributed by atoms with Gasteiger partial charge in [0.1, 0.15) is 0 Å². The van der Waals surface area contributed by atoms with Crippen molar-refractivity contribution in [1.29, 1.82) is 0 Å². The molecule has 0 heterocycles. The van der Waals surface area contributed by atoms with Crippen molar-refractivity contribution in [2.75, 3.05) is 26.2 Å². The van der Waals surface area contributed by atoms with E-state index in [0.717, 1.165) is 31.9 Å². The van der Waals surface area contributed by atoms with Crippen molar-refractivity contribution in [3.8, 4) is 0 Å². The van der Waals surface area contributed by atoms with E-state index in [2.05, 4.69) is 41.7 Å². The lowest BCUT2D eigenvalue weighted by molar-refractivity contribution is -0.128. The van der Waals surface area contributed by atoms with E-state index in [1.165, 1.54) is 0 Å². The van der Waals surface area contributed by atoms with E-state index in [1.54, 1.807) is 0 Å². The summed E-state index contributed by atoms with van der Waals surface area (Å²) in [6.07, 6.45) is 2.31. The number of halogens is 1. The monoisotopic (exact) mass is 426 g/mol. The normalized spacial score (nSPS) is 11.9. The highest BCUT2D eigenvalue weighted by atomic mass is 127. The van der Waals surface area contributed by atoms with Crippen LogP contribution >= 0.6 is 24.0 Å². The summed E-state index contributed by atoms with van der Waals surface area (Å²) in [5, 5.41) is 9.41. The summed E-state index contributed by atoms with van der Waals surface area (Å²) in [5.74, 6) is 1.54. The lowest BCUT2D eigenvalue weighted by atomic mass is 9.96. The van der Waals surface area contributed by atoms with Crippen LogP contribution in [0.4, 0.5) is 0 Å². The second kappa shape index (κ2) is 13.0. The number of carbonyl (C=O) groups is 1. The molecule has 22 heavy (non-hydrogen) atoms. The molecule has 0 saturated heterocycles. The molecule has 5 nitrogen and oxygen atoms in total. The zero-order valence-electron chi connectivity index (χ0n) is 15.1. The molecule has 3 N–H and O–H groups in total. The number of amides is 1. The van der Waals surface area contributed by atoms with Gasteiger partial charge in [0.25, 0.3) is 0 Å². The van der Waals surface area contributed by atoms with Gasteiger partial charge in [0.2, 0.25) is 5.91 Å². The number of carbonyl (C=O) groups excluding carboxylic acids is 1. The van der Waals surface area contributed by atoms with E-state index in [4.69, 9.17) is 0 Å². The maximum absolute atomic E-state index is 11.7. The Kier molecular flexibility index (Phi) is 14.0. The maximum atomic E-state index is 11.7. The smallest absolute Gasteiger partial charge is 0.225 e. The zero-order valence-corrected chi connectivity index (χ0v) is 17.4. The van der Waals surface area contributed by atoms with Crippen LogP contribution < -0.4 is 16.0 Å². The quantitative estimate of drug-likeness (QED) is 0.242. The molecular formula is C16H35IN4O. The maximum Gasteiger partial charge on any atom is 0.225 e. The average molecular weight is 426 g/mol. The molecule has 0 aromatic heterocycles. The number of guanidine groups is 1. The van der Waals surface area contributed by atoms with Gasteiger partial charge in [0, 0.05) is 31.6 Å². The highest BCUT2D eigenvalue weighted by Crippen LogP contribution is 2.11. The molecular weight excluding hydrogens is 391 g/mol. The van der Waals surface area contributed by atoms with E-state index in [0.29, 0.717) is 19.0 Å². The summed E-state index contributed by atoms with van der Waals surface area (Å²) in [6, 6.07) is 0. The van der Waals surface area contributed by atoms with Gasteiger partial charge in [0.15, 0.2) is 5.96 Å². The molecule has 0 radical (unpaired) electrons. The Morgan fingerprint density at radius 2 is 1.55 bits per heavy atom. The molecule has 0 aliphatic rings. The van der Waals surface area contributed by atoms with Crippen LogP contribution in [-0.4, -0.2) is 38.0 Å². The van der Waals surface area contributed by atoms with Crippen molar-refractivity contribution in [3.63, 3.8) is 0 Å². The number of hydrogen-bond donors (Lipinski definition) is 3. The Morgan fingerprint density at radius 3 is 2.00 bits per heavy atom. The number of nitrogens with zero attached hydrogens (tertiary/aromatic N) is 1. The van der Waals surface area contributed by atoms with Crippen LogP contribution in [0.15, 0.2) is 4.99 Å². The van der Waals surface area contributed by atoms with Gasteiger partial charge in [-0.3, -0.25) is 9.79 Å². The van der Waals surface area contributed by atoms with Crippen molar-refractivity contribution < 1.29 is 4.79 Å². The summed E-state index contributed by atoms with van der Waals surface area (Å²) in [4.78, 5) is 16.3. The van der Waals surface area contributed by atoms with Crippen molar-refractivity contribution in [1.82, 2.24) is 16.0 Å². The molecule has 132 valence electrons. The Hall–Kier alpha value is -0.530. The molecule has 0 atom stereocenters. The van der Waals surface area contributed by atoms with E-state index in [1.807, 2.05) is 20.8 Å². The first-order valence-electron chi connectivity index (χ1n) is 8.15. The second-order valence-electron chi connectivity index (χ2n) is 6.33. The van der Waals surface area contributed by atoms with Crippen LogP contribution in [0.2, 0.25) is 0 Å². The van der Waals surface area contributed by atoms with Gasteiger partial charge in [-0.15, -0.1) is 24.0 Å². The first kappa shape index (κ1) is 23.7. The number of hydrogen-bond acceptors (Lipinski definition) is 2. The lowest BCUT2D eigenvalue weighted by Crippen LogP contribution is -2.43. The number of nitrogens with one attached hydrogen (secondary N) is 3. The van der Waals surface area contributed by atoms with E-state index in [-0.39, 0.29) is 35.3 Å². The lowest BCUT2D eigenvalue weighted by Gasteiger charge is -2.18. The zero-order chi connectivity index (χ0) is 16.3. The molecule has 0 saturated carbocycles. The van der Waals surface area contributed by atoms with Crippen LogP contribution in [-0.2, 0) is 4.79 Å². The second-order valence-corrected chi connectivity index (χ2v) is 6.33. The first-order valence-corrected chi connectivity index (χ1v) is 8.15. The summed E-state index contributed by atoms with van der Waals surface area (Å²) < 4.78 is 0. The molecule has 0 fully saturated rings. The van der Waals surface area contributed by atoms with Gasteiger partial charge in [-0.05, 0) is 12.8 Å². The molecule has 0 spiro atoms. The fourth-order valence-corrected chi connectivity index (χ4v) is 1.73. The van der Waals surface area contributed by atoms with Gasteiger partial charge < -0.3 is 16.0 Å². The van der Waals surface area contributed by atoms with Crippen LogP contribution in [0.1, 0.15) is 54.4 Å². The predicted octanol–water partition coefficient (Wildman–Crippen LogP) is 2.76. The third-order valence-electron chi connectivity index (χ3n) is 3.39. The van der Waals surface area contributed by atoms with Crippen molar-refractivity contribution >= 4 is 35.8 Å². The van der Waals surface area contributed by atoms with Gasteiger partial charge in [0.05, 0.1) is 0 Å². The predicted molar refractivity (Wildman–Crippen MR) is 106 cm³/mol. The van der Waals surface area contributed by atoms with E-state index in [9.17, 15) is 4.79 Å². The molecule has 0 rings (SSSR count). The highest BCUT2D eigenvalue weighted by Gasteiger charge is 2.20. The average Bonchev–Trinajstić information content (AvgIpc) is 2.43. The third-order valence-corrected chi connectivity index (χ3v) is 3.39. The molecule has 0 aliphatic heterocycles. The minimum atomic E-state index is -0.339. The molecule has 0 aromatic carbocycles. The summed E-state index contributed by atoms with van der Waals surface area (Å²) in [6.45, 7) is 15.2. The fourth-order valence-electron chi connectivity index (χ4n) is 1.73. The van der Waals surface area contributed by atoms with Gasteiger partial charge >= 0.3 is 0 Å². The summed E-state index contributed by atoms with van der Waals surface area (Å²) in [7, 11) is 0. The molecule has 1 amide bonds. The van der Waals surface area contributed by atoms with Crippen LogP contribution in [0.5, 0.6) is 0 Å². The Balaban J connectivity index is 0. The number of rotatable bonds is 8. The van der Waals surface area contributed by atoms with Crippen molar-refractivity contribution in [2.24, 2.45) is 16.3 Å². The number of aliphatic imine (C=N–C) groups is 1. The molecule has 0 aliphatic carbocycles. The van der Waals surface area contributed by atoms with Crippen molar-refractivity contribution in [2.45, 2.75) is 54.4 Å². The van der Waals surface area contributed by atoms with Crippen LogP contribution in [0, 0.1) is 11.3 Å². The van der Waals surface area contributed by atoms with E-state index < -0.39 is 0 Å². The molecule has 0 bridgehead atoms. The van der Waals surface area contributed by atoms with Crippen molar-refractivity contribution in [3.05, 3.63) is 0 Å². The minimum Gasteiger partial charge on any atom is -0.357 e. The van der Waals surface area contributed by atoms with Gasteiger partial charge in [-0.25, -0.2) is 0 Å². The van der Waals surface area contributed by atoms with Crippen LogP contribution in [0.3, 0.4) is 0 Å². The summed E-state index contributed by atoms with van der Waals surface area (Å²) in [5.41, 5.74) is -0.339. The fraction of sp³-hybridized carbons (Fsp3) is 0.875. The topological polar surface area (TPSA) is 65.5 Å². The van der Waals surface area contributed by atoms with E-state index >= 15 is 0 Å². The van der Waals surface area contributed by atoms with Gasteiger partial charge in [-0.2, -0.15) is 0 Å². The highest BCUT2D eigenvalue weighted by molar-refractivity contribution is 14.0. The van der Waals surface area contributed by atoms with Gasteiger partial charge in [-0.1, -0.05) is 47.5 Å². The Bertz CT molecular complexity index is 323. The Labute approximate surface area is 153 Å². The third kappa shape index (κ3) is 11.1. The molecule has 0 unspecified atom stereocenters. The first-order chi connectivity index (χ1) is 9.85. The molecule has 6 heteroatoms.